The molecule has 1 saturated heterocycles. The summed E-state index contributed by atoms with van der Waals surface area (Å²) in [6.07, 6.45) is 1.47. The number of likely N-dealkylation sites (tertiary alicyclic amines) is 1. The predicted octanol–water partition coefficient (Wildman–Crippen LogP) is 3.29. The van der Waals surface area contributed by atoms with E-state index in [0.717, 1.165) is 37.5 Å². The van der Waals surface area contributed by atoms with Crippen LogP contribution >= 0.6 is 11.6 Å². The van der Waals surface area contributed by atoms with E-state index in [1.807, 2.05) is 24.3 Å². The third kappa shape index (κ3) is 7.29. The Balaban J connectivity index is 1.35. The van der Waals surface area contributed by atoms with E-state index in [0.29, 0.717) is 24.0 Å². The summed E-state index contributed by atoms with van der Waals surface area (Å²) in [5.74, 6) is 0.401. The monoisotopic (exact) mass is 431 g/mol. The molecule has 0 saturated carbocycles. The minimum absolute atomic E-state index is 0.157. The molecule has 162 valence electrons. The lowest BCUT2D eigenvalue weighted by Gasteiger charge is -2.33. The zero-order valence-corrected chi connectivity index (χ0v) is 18.1. The number of aliphatic hydroxyl groups excluding tert-OH is 1. The molecule has 1 aliphatic rings. The Morgan fingerprint density at radius 1 is 1.20 bits per heavy atom. The molecule has 0 bridgehead atoms. The van der Waals surface area contributed by atoms with E-state index in [4.69, 9.17) is 16.3 Å². The minimum Gasteiger partial charge on any atom is -0.489 e. The van der Waals surface area contributed by atoms with Gasteiger partial charge in [0.15, 0.2) is 0 Å². The first kappa shape index (κ1) is 22.6. The number of rotatable bonds is 9. The average molecular weight is 432 g/mol. The molecular formula is C23H30ClN3O3. The summed E-state index contributed by atoms with van der Waals surface area (Å²) in [6, 6.07) is 15.6. The van der Waals surface area contributed by atoms with Crippen LogP contribution in [0.1, 0.15) is 25.3 Å². The summed E-state index contributed by atoms with van der Waals surface area (Å²) in [5, 5.41) is 17.2. The summed E-state index contributed by atoms with van der Waals surface area (Å²) in [6.45, 7) is 5.08. The van der Waals surface area contributed by atoms with E-state index in [-0.39, 0.29) is 12.5 Å². The zero-order valence-electron chi connectivity index (χ0n) is 17.3. The number of piperidine rings is 1. The van der Waals surface area contributed by atoms with Gasteiger partial charge in [0.1, 0.15) is 18.5 Å². The molecule has 1 heterocycles. The second-order valence-electron chi connectivity index (χ2n) is 7.73. The van der Waals surface area contributed by atoms with Gasteiger partial charge in [-0.25, -0.2) is 0 Å². The first-order chi connectivity index (χ1) is 14.5. The fourth-order valence-corrected chi connectivity index (χ4v) is 3.70. The standard InChI is InChI=1S/C23H30ClN3O3/c1-17(28)26-22-4-2-3-5-23(22)30-16-21(29)14-25-20-10-12-27(13-11-20)15-18-6-8-19(24)9-7-18/h2-9,20-21,25,29H,10-16H2,1H3,(H,26,28)/t21-/m0/s1. The maximum absolute atomic E-state index is 11.3. The lowest BCUT2D eigenvalue weighted by molar-refractivity contribution is -0.114. The maximum atomic E-state index is 11.3. The lowest BCUT2D eigenvalue weighted by atomic mass is 10.0. The van der Waals surface area contributed by atoms with Gasteiger partial charge in [0.2, 0.25) is 5.91 Å². The van der Waals surface area contributed by atoms with Crippen molar-refractivity contribution in [3.05, 3.63) is 59.1 Å². The van der Waals surface area contributed by atoms with E-state index >= 15 is 0 Å². The van der Waals surface area contributed by atoms with Gasteiger partial charge in [-0.05, 0) is 55.8 Å². The van der Waals surface area contributed by atoms with E-state index < -0.39 is 6.10 Å². The van der Waals surface area contributed by atoms with E-state index in [1.54, 1.807) is 12.1 Å². The number of nitrogens with one attached hydrogen (secondary N) is 2. The normalized spacial score (nSPS) is 16.2. The highest BCUT2D eigenvalue weighted by Gasteiger charge is 2.20. The van der Waals surface area contributed by atoms with Crippen molar-refractivity contribution >= 4 is 23.2 Å². The molecule has 1 atom stereocenters. The number of halogens is 1. The Morgan fingerprint density at radius 3 is 2.60 bits per heavy atom. The van der Waals surface area contributed by atoms with Crippen LogP contribution in [0, 0.1) is 0 Å². The van der Waals surface area contributed by atoms with Gasteiger partial charge in [-0.3, -0.25) is 9.69 Å². The SMILES string of the molecule is CC(=O)Nc1ccccc1OC[C@@H](O)CNC1CCN(Cc2ccc(Cl)cc2)CC1. The maximum Gasteiger partial charge on any atom is 0.221 e. The molecule has 1 fully saturated rings. The van der Waals surface area contributed by atoms with Crippen molar-refractivity contribution in [2.45, 2.75) is 38.5 Å². The van der Waals surface area contributed by atoms with Crippen molar-refractivity contribution in [3.8, 4) is 5.75 Å². The zero-order chi connectivity index (χ0) is 21.3. The van der Waals surface area contributed by atoms with Gasteiger partial charge >= 0.3 is 0 Å². The van der Waals surface area contributed by atoms with Crippen molar-refractivity contribution in [3.63, 3.8) is 0 Å². The van der Waals surface area contributed by atoms with Crippen molar-refractivity contribution in [1.82, 2.24) is 10.2 Å². The van der Waals surface area contributed by atoms with Crippen molar-refractivity contribution in [2.75, 3.05) is 31.6 Å². The molecule has 0 spiro atoms. The molecular weight excluding hydrogens is 402 g/mol. The number of para-hydroxylation sites is 2. The third-order valence-corrected chi connectivity index (χ3v) is 5.43. The van der Waals surface area contributed by atoms with Gasteiger partial charge in [-0.1, -0.05) is 35.9 Å². The summed E-state index contributed by atoms with van der Waals surface area (Å²) in [7, 11) is 0. The number of carbonyl (C=O) groups excluding carboxylic acids is 1. The van der Waals surface area contributed by atoms with Crippen LogP contribution in [-0.2, 0) is 11.3 Å². The van der Waals surface area contributed by atoms with Gasteiger partial charge in [-0.2, -0.15) is 0 Å². The molecule has 0 radical (unpaired) electrons. The van der Waals surface area contributed by atoms with Crippen LogP contribution in [0.4, 0.5) is 5.69 Å². The molecule has 1 aliphatic heterocycles. The van der Waals surface area contributed by atoms with Crippen molar-refractivity contribution < 1.29 is 14.6 Å². The molecule has 3 N–H and O–H groups in total. The molecule has 2 aromatic rings. The van der Waals surface area contributed by atoms with E-state index in [9.17, 15) is 9.90 Å². The first-order valence-corrected chi connectivity index (χ1v) is 10.7. The van der Waals surface area contributed by atoms with Crippen LogP contribution in [0.2, 0.25) is 5.02 Å². The highest BCUT2D eigenvalue weighted by atomic mass is 35.5. The van der Waals surface area contributed by atoms with Crippen molar-refractivity contribution in [1.29, 1.82) is 0 Å². The molecule has 1 amide bonds. The summed E-state index contributed by atoms with van der Waals surface area (Å²) in [4.78, 5) is 13.7. The van der Waals surface area contributed by atoms with Crippen molar-refractivity contribution in [2.24, 2.45) is 0 Å². The smallest absolute Gasteiger partial charge is 0.221 e. The van der Waals surface area contributed by atoms with Crippen LogP contribution in [0.25, 0.3) is 0 Å². The Bertz CT molecular complexity index is 808. The number of ether oxygens (including phenoxy) is 1. The molecule has 0 aromatic heterocycles. The Morgan fingerprint density at radius 2 is 1.90 bits per heavy atom. The van der Waals surface area contributed by atoms with Crippen LogP contribution in [-0.4, -0.2) is 54.3 Å². The van der Waals surface area contributed by atoms with Crippen LogP contribution in [0.15, 0.2) is 48.5 Å². The topological polar surface area (TPSA) is 73.8 Å². The van der Waals surface area contributed by atoms with E-state index in [2.05, 4.69) is 27.7 Å². The second kappa shape index (κ2) is 11.3. The number of anilines is 1. The molecule has 3 rings (SSSR count). The van der Waals surface area contributed by atoms with Crippen LogP contribution < -0.4 is 15.4 Å². The molecule has 2 aromatic carbocycles. The number of amides is 1. The summed E-state index contributed by atoms with van der Waals surface area (Å²) < 4.78 is 5.71. The van der Waals surface area contributed by atoms with Gasteiger partial charge in [0.05, 0.1) is 5.69 Å². The average Bonchev–Trinajstić information content (AvgIpc) is 2.74. The Kier molecular flexibility index (Phi) is 8.51. The van der Waals surface area contributed by atoms with Crippen LogP contribution in [0.3, 0.4) is 0 Å². The fourth-order valence-electron chi connectivity index (χ4n) is 3.58. The number of hydrogen-bond acceptors (Lipinski definition) is 5. The summed E-state index contributed by atoms with van der Waals surface area (Å²) >= 11 is 5.95. The lowest BCUT2D eigenvalue weighted by Crippen LogP contribution is -2.45. The van der Waals surface area contributed by atoms with Crippen LogP contribution in [0.5, 0.6) is 5.75 Å². The highest BCUT2D eigenvalue weighted by Crippen LogP contribution is 2.23. The fraction of sp³-hybridized carbons (Fsp3) is 0.435. The van der Waals surface area contributed by atoms with Gasteiger partial charge < -0.3 is 20.5 Å². The molecule has 0 aliphatic carbocycles. The third-order valence-electron chi connectivity index (χ3n) is 5.18. The summed E-state index contributed by atoms with van der Waals surface area (Å²) in [5.41, 5.74) is 1.89. The quantitative estimate of drug-likeness (QED) is 0.568. The van der Waals surface area contributed by atoms with Gasteiger partial charge in [-0.15, -0.1) is 0 Å². The molecule has 7 heteroatoms. The number of benzene rings is 2. The highest BCUT2D eigenvalue weighted by molar-refractivity contribution is 6.30. The number of carbonyl (C=O) groups is 1. The number of nitrogens with zero attached hydrogens (tertiary/aromatic N) is 1. The van der Waals surface area contributed by atoms with Gasteiger partial charge in [0.25, 0.3) is 0 Å². The second-order valence-corrected chi connectivity index (χ2v) is 8.16. The Hall–Kier alpha value is -2.12. The first-order valence-electron chi connectivity index (χ1n) is 10.4. The number of aliphatic hydroxyl groups is 1. The minimum atomic E-state index is -0.623. The number of hydrogen-bond donors (Lipinski definition) is 3. The molecule has 0 unspecified atom stereocenters. The van der Waals surface area contributed by atoms with Gasteiger partial charge in [0, 0.05) is 31.1 Å². The molecule has 30 heavy (non-hydrogen) atoms. The Labute approximate surface area is 183 Å². The molecule has 6 nitrogen and oxygen atoms in total. The largest absolute Gasteiger partial charge is 0.489 e. The van der Waals surface area contributed by atoms with E-state index in [1.165, 1.54) is 12.5 Å². The predicted molar refractivity (Wildman–Crippen MR) is 120 cm³/mol.